The van der Waals surface area contributed by atoms with E-state index in [1.54, 1.807) is 22.8 Å². The number of para-hydroxylation sites is 2. The second-order valence-electron chi connectivity index (χ2n) is 13.0. The van der Waals surface area contributed by atoms with Crippen molar-refractivity contribution in [2.45, 2.75) is 0 Å². The summed E-state index contributed by atoms with van der Waals surface area (Å²) in [5.41, 5.74) is 6.91. The Bertz CT molecular complexity index is 3440. The third-order valence-corrected chi connectivity index (χ3v) is 9.65. The molecule has 10 rings (SSSR count). The highest BCUT2D eigenvalue weighted by Gasteiger charge is 2.19. The Morgan fingerprint density at radius 2 is 0.873 bits per heavy atom. The van der Waals surface area contributed by atoms with E-state index in [1.807, 2.05) is 121 Å². The normalized spacial score (nSPS) is 13.6. The van der Waals surface area contributed by atoms with Crippen LogP contribution in [0.2, 0.25) is 0 Å². The van der Waals surface area contributed by atoms with Crippen molar-refractivity contribution in [1.82, 2.24) is 19.5 Å². The third-order valence-electron chi connectivity index (χ3n) is 9.65. The number of fused-ring (bicyclic) bond motifs is 3. The summed E-state index contributed by atoms with van der Waals surface area (Å²) in [5, 5.41) is 0.625. The molecule has 4 nitrogen and oxygen atoms in total. The molecule has 258 valence electrons. The zero-order valence-corrected chi connectivity index (χ0v) is 29.2. The smallest absolute Gasteiger partial charge is 0.164 e. The zero-order valence-electron chi connectivity index (χ0n) is 38.2. The maximum atomic E-state index is 9.35. The summed E-state index contributed by atoms with van der Waals surface area (Å²) < 4.78 is 81.2. The first kappa shape index (κ1) is 24.0. The van der Waals surface area contributed by atoms with Crippen molar-refractivity contribution < 1.29 is 12.3 Å². The number of benzene rings is 8. The first-order valence-corrected chi connectivity index (χ1v) is 17.8. The Morgan fingerprint density at radius 1 is 0.364 bits per heavy atom. The molecule has 0 spiro atoms. The van der Waals surface area contributed by atoms with Crippen molar-refractivity contribution >= 4 is 21.8 Å². The van der Waals surface area contributed by atoms with Crippen LogP contribution in [0.3, 0.4) is 0 Å². The summed E-state index contributed by atoms with van der Waals surface area (Å²) in [6.45, 7) is 0. The molecule has 0 bridgehead atoms. The van der Waals surface area contributed by atoms with Gasteiger partial charge in [-0.15, -0.1) is 0 Å². The van der Waals surface area contributed by atoms with E-state index >= 15 is 0 Å². The van der Waals surface area contributed by atoms with Gasteiger partial charge in [-0.3, -0.25) is 0 Å². The maximum Gasteiger partial charge on any atom is 0.164 e. The van der Waals surface area contributed by atoms with Crippen LogP contribution in [0, 0.1) is 0 Å². The molecule has 55 heavy (non-hydrogen) atoms. The molecule has 0 fully saturated rings. The molecule has 0 radical (unpaired) electrons. The third kappa shape index (κ3) is 6.06. The van der Waals surface area contributed by atoms with Crippen molar-refractivity contribution in [3.63, 3.8) is 0 Å². The van der Waals surface area contributed by atoms with Crippen LogP contribution in [0.1, 0.15) is 12.3 Å². The molecular formula is C51H34N4. The molecule has 2 aromatic heterocycles. The average molecular weight is 712 g/mol. The van der Waals surface area contributed by atoms with Crippen molar-refractivity contribution in [2.24, 2.45) is 0 Å². The van der Waals surface area contributed by atoms with Crippen molar-refractivity contribution in [1.29, 1.82) is 0 Å². The summed E-state index contributed by atoms with van der Waals surface area (Å²) in [7, 11) is 0. The molecule has 4 heteroatoms. The standard InChI is InChI=1S/C51H34N4/c1-5-16-35(17-6-1)37-28-30-40(31-29-37)50-52-49(39-22-11-4-12-23-39)53-51(54-50)42-32-41(36-18-7-2-8-19-36)33-43(34-42)55-47-27-14-13-24-45(47)46-26-15-25-44(48(46)55)38-20-9-3-10-21-38/h1-34H/i3D,9D,10D,13D,14D,20D,21D,24D,27D. The van der Waals surface area contributed by atoms with E-state index in [2.05, 4.69) is 12.1 Å². The highest BCUT2D eigenvalue weighted by molar-refractivity contribution is 6.14. The minimum Gasteiger partial charge on any atom is -0.309 e. The van der Waals surface area contributed by atoms with Crippen LogP contribution in [0.15, 0.2) is 206 Å². The Kier molecular flexibility index (Phi) is 6.04. The second-order valence-corrected chi connectivity index (χ2v) is 13.0. The molecule has 0 amide bonds. The fraction of sp³-hybridized carbons (Fsp3) is 0. The van der Waals surface area contributed by atoms with E-state index in [4.69, 9.17) is 24.5 Å². The van der Waals surface area contributed by atoms with Crippen LogP contribution < -0.4 is 0 Å². The van der Waals surface area contributed by atoms with Crippen LogP contribution >= 0.6 is 0 Å². The number of hydrogen-bond donors (Lipinski definition) is 0. The predicted octanol–water partition coefficient (Wildman–Crippen LogP) is 13.0. The van der Waals surface area contributed by atoms with Gasteiger partial charge in [0.2, 0.25) is 0 Å². The zero-order chi connectivity index (χ0) is 44.4. The second kappa shape index (κ2) is 13.8. The Labute approximate surface area is 332 Å². The van der Waals surface area contributed by atoms with Gasteiger partial charge in [0, 0.05) is 38.7 Å². The van der Waals surface area contributed by atoms with Crippen molar-refractivity contribution in [2.75, 3.05) is 0 Å². The highest BCUT2D eigenvalue weighted by atomic mass is 15.0. The Hall–Kier alpha value is -7.43. The lowest BCUT2D eigenvalue weighted by molar-refractivity contribution is 1.07. The molecule has 10 aromatic rings. The largest absolute Gasteiger partial charge is 0.309 e. The highest BCUT2D eigenvalue weighted by Crippen LogP contribution is 2.40. The van der Waals surface area contributed by atoms with E-state index in [9.17, 15) is 2.74 Å². The van der Waals surface area contributed by atoms with Crippen molar-refractivity contribution in [3.8, 4) is 73.2 Å². The quantitative estimate of drug-likeness (QED) is 0.165. The van der Waals surface area contributed by atoms with Crippen molar-refractivity contribution in [3.05, 3.63) is 206 Å². The summed E-state index contributed by atoms with van der Waals surface area (Å²) in [5.74, 6) is 1.21. The molecule has 0 aliphatic heterocycles. The van der Waals surface area contributed by atoms with E-state index in [0.29, 0.717) is 39.6 Å². The van der Waals surface area contributed by atoms with Crippen LogP contribution in [0.25, 0.3) is 95.0 Å². The summed E-state index contributed by atoms with van der Waals surface area (Å²) in [6.07, 6.45) is 0. The maximum absolute atomic E-state index is 9.35. The van der Waals surface area contributed by atoms with Crippen LogP contribution in [-0.4, -0.2) is 19.5 Å². The number of rotatable bonds is 7. The minimum absolute atomic E-state index is 0.0664. The summed E-state index contributed by atoms with van der Waals surface area (Å²) in [6, 6.07) is 44.3. The van der Waals surface area contributed by atoms with E-state index in [1.165, 1.54) is 0 Å². The number of nitrogens with zero attached hydrogens (tertiary/aromatic N) is 4. The lowest BCUT2D eigenvalue weighted by atomic mass is 10.0. The van der Waals surface area contributed by atoms with Crippen LogP contribution in [0.4, 0.5) is 0 Å². The first-order chi connectivity index (χ1) is 31.0. The van der Waals surface area contributed by atoms with Gasteiger partial charge in [0.05, 0.1) is 23.4 Å². The Morgan fingerprint density at radius 3 is 1.55 bits per heavy atom. The van der Waals surface area contributed by atoms with Gasteiger partial charge in [0.25, 0.3) is 0 Å². The molecule has 0 aliphatic rings. The fourth-order valence-electron chi connectivity index (χ4n) is 7.07. The van der Waals surface area contributed by atoms with Gasteiger partial charge in [-0.25, -0.2) is 15.0 Å². The summed E-state index contributed by atoms with van der Waals surface area (Å²) in [4.78, 5) is 15.1. The van der Waals surface area contributed by atoms with Gasteiger partial charge < -0.3 is 4.57 Å². The van der Waals surface area contributed by atoms with Crippen LogP contribution in [-0.2, 0) is 0 Å². The molecule has 2 heterocycles. The van der Waals surface area contributed by atoms with Crippen LogP contribution in [0.5, 0.6) is 0 Å². The molecule has 0 saturated heterocycles. The lowest BCUT2D eigenvalue weighted by Crippen LogP contribution is -2.02. The number of aromatic nitrogens is 4. The van der Waals surface area contributed by atoms with Gasteiger partial charge in [-0.2, -0.15) is 0 Å². The first-order valence-electron chi connectivity index (χ1n) is 22.3. The SMILES string of the molecule is [2H]c1c([2H])c([2H])c(-c2cccc3c4c([2H])c([2H])c([2H])c([2H])c4n(-c4cc(-c5ccccc5)cc(-c5nc(-c6ccccc6)nc(-c6ccc(-c7ccccc7)cc6)n5)c4)c23)c([2H])c1[2H]. The van der Waals surface area contributed by atoms with Gasteiger partial charge in [-0.05, 0) is 52.1 Å². The molecule has 8 aromatic carbocycles. The molecular weight excluding hydrogens is 669 g/mol. The van der Waals surface area contributed by atoms with E-state index in [0.717, 1.165) is 33.4 Å². The molecule has 0 N–H and O–H groups in total. The molecule has 0 unspecified atom stereocenters. The minimum atomic E-state index is -0.537. The summed E-state index contributed by atoms with van der Waals surface area (Å²) >= 11 is 0. The van der Waals surface area contributed by atoms with Gasteiger partial charge in [0.15, 0.2) is 17.5 Å². The topological polar surface area (TPSA) is 43.6 Å². The number of hydrogen-bond acceptors (Lipinski definition) is 3. The van der Waals surface area contributed by atoms with Gasteiger partial charge in [-0.1, -0.05) is 182 Å². The molecule has 0 saturated carbocycles. The average Bonchev–Trinajstić information content (AvgIpc) is 3.71. The van der Waals surface area contributed by atoms with Gasteiger partial charge >= 0.3 is 0 Å². The van der Waals surface area contributed by atoms with Gasteiger partial charge in [0.1, 0.15) is 0 Å². The Balaban J connectivity index is 1.29. The lowest BCUT2D eigenvalue weighted by Gasteiger charge is -2.16. The predicted molar refractivity (Wildman–Crippen MR) is 227 cm³/mol. The molecule has 0 atom stereocenters. The molecule has 0 aliphatic carbocycles. The monoisotopic (exact) mass is 711 g/mol. The van der Waals surface area contributed by atoms with E-state index in [-0.39, 0.29) is 34.1 Å². The fourth-order valence-corrected chi connectivity index (χ4v) is 7.07. The van der Waals surface area contributed by atoms with E-state index < -0.39 is 42.3 Å².